The van der Waals surface area contributed by atoms with E-state index in [1.54, 1.807) is 6.92 Å². The summed E-state index contributed by atoms with van der Waals surface area (Å²) in [6, 6.07) is 15.0. The predicted octanol–water partition coefficient (Wildman–Crippen LogP) is 3.34. The van der Waals surface area contributed by atoms with Crippen LogP contribution in [0.1, 0.15) is 51.0 Å². The van der Waals surface area contributed by atoms with E-state index in [4.69, 9.17) is 0 Å². The molecule has 2 aliphatic rings. The van der Waals surface area contributed by atoms with Crippen LogP contribution in [-0.4, -0.2) is 34.8 Å². The highest BCUT2D eigenvalue weighted by atomic mass is 16.2. The molecule has 2 aromatic rings. The van der Waals surface area contributed by atoms with E-state index in [1.807, 2.05) is 42.5 Å². The van der Waals surface area contributed by atoms with Crippen LogP contribution in [-0.2, 0) is 15.1 Å². The molecule has 4 rings (SSSR count). The van der Waals surface area contributed by atoms with E-state index >= 15 is 0 Å². The third-order valence-electron chi connectivity index (χ3n) is 6.45. The fourth-order valence-corrected chi connectivity index (χ4v) is 4.58. The van der Waals surface area contributed by atoms with Crippen LogP contribution in [0.4, 0.5) is 4.79 Å². The molecule has 1 aliphatic heterocycles. The average molecular weight is 418 g/mol. The number of benzene rings is 2. The number of amides is 4. The van der Waals surface area contributed by atoms with Crippen molar-refractivity contribution in [3.8, 4) is 6.07 Å². The van der Waals surface area contributed by atoms with Gasteiger partial charge in [0.1, 0.15) is 17.6 Å². The first-order chi connectivity index (χ1) is 14.9. The molecule has 2 N–H and O–H groups in total. The monoisotopic (exact) mass is 418 g/mol. The molecule has 0 aromatic heterocycles. The summed E-state index contributed by atoms with van der Waals surface area (Å²) in [5.74, 6) is -0.968. The van der Waals surface area contributed by atoms with Crippen molar-refractivity contribution in [2.24, 2.45) is 0 Å². The number of carbonyl (C=O) groups is 3. The Hall–Kier alpha value is -3.40. The molecule has 7 nitrogen and oxygen atoms in total. The Morgan fingerprint density at radius 2 is 1.77 bits per heavy atom. The van der Waals surface area contributed by atoms with Crippen LogP contribution < -0.4 is 10.6 Å². The Kier molecular flexibility index (Phi) is 5.40. The molecule has 7 heteroatoms. The summed E-state index contributed by atoms with van der Waals surface area (Å²) >= 11 is 0. The van der Waals surface area contributed by atoms with E-state index in [0.717, 1.165) is 41.4 Å². The Bertz CT molecular complexity index is 1080. The number of nitriles is 1. The third-order valence-corrected chi connectivity index (χ3v) is 6.45. The van der Waals surface area contributed by atoms with Crippen LogP contribution in [0.3, 0.4) is 0 Å². The highest BCUT2D eigenvalue weighted by Crippen LogP contribution is 2.31. The van der Waals surface area contributed by atoms with Gasteiger partial charge in [-0.15, -0.1) is 0 Å². The van der Waals surface area contributed by atoms with Crippen molar-refractivity contribution in [3.05, 3.63) is 48.0 Å². The quantitative estimate of drug-likeness (QED) is 0.587. The first kappa shape index (κ1) is 20.9. The number of fused-ring (bicyclic) bond motifs is 1. The third kappa shape index (κ3) is 3.86. The molecule has 0 bridgehead atoms. The van der Waals surface area contributed by atoms with E-state index in [1.165, 1.54) is 0 Å². The number of rotatable bonds is 4. The summed E-state index contributed by atoms with van der Waals surface area (Å²) in [7, 11) is 0. The SMILES string of the molecule is CC1(c2ccc3ccccc3c2)NC(=O)N(CC(=O)NC2(C#N)CCCCCC2)C1=O. The first-order valence-electron chi connectivity index (χ1n) is 10.7. The Balaban J connectivity index is 1.52. The molecule has 160 valence electrons. The van der Waals surface area contributed by atoms with Crippen LogP contribution in [0.5, 0.6) is 0 Å². The number of imide groups is 1. The highest BCUT2D eigenvalue weighted by Gasteiger charge is 2.50. The van der Waals surface area contributed by atoms with Crippen molar-refractivity contribution >= 4 is 28.6 Å². The maximum atomic E-state index is 13.2. The number of nitrogens with one attached hydrogen (secondary N) is 2. The lowest BCUT2D eigenvalue weighted by Gasteiger charge is -2.27. The van der Waals surface area contributed by atoms with E-state index < -0.39 is 35.5 Å². The van der Waals surface area contributed by atoms with Crippen LogP contribution in [0, 0.1) is 11.3 Å². The van der Waals surface area contributed by atoms with Crippen molar-refractivity contribution in [2.75, 3.05) is 6.54 Å². The lowest BCUT2D eigenvalue weighted by molar-refractivity contribution is -0.135. The maximum absolute atomic E-state index is 13.2. The molecule has 2 aromatic carbocycles. The standard InChI is InChI=1S/C24H26N4O3/c1-23(19-11-10-17-8-4-5-9-18(17)14-19)21(30)28(22(31)27-23)15-20(29)26-24(16-25)12-6-2-3-7-13-24/h4-5,8-11,14H,2-3,6-7,12-13,15H2,1H3,(H,26,29)(H,27,31). The molecule has 1 unspecified atom stereocenters. The van der Waals surface area contributed by atoms with Gasteiger partial charge in [-0.25, -0.2) is 4.79 Å². The normalized spacial score (nSPS) is 23.2. The number of urea groups is 1. The molecule has 4 amide bonds. The molecule has 2 fully saturated rings. The van der Waals surface area contributed by atoms with Gasteiger partial charge in [0.05, 0.1) is 6.07 Å². The molecule has 31 heavy (non-hydrogen) atoms. The van der Waals surface area contributed by atoms with Crippen molar-refractivity contribution in [2.45, 2.75) is 56.5 Å². The zero-order chi connectivity index (χ0) is 22.1. The van der Waals surface area contributed by atoms with E-state index in [9.17, 15) is 19.6 Å². The number of carbonyl (C=O) groups excluding carboxylic acids is 3. The van der Waals surface area contributed by atoms with Gasteiger partial charge in [0.25, 0.3) is 5.91 Å². The predicted molar refractivity (Wildman–Crippen MR) is 116 cm³/mol. The molecule has 1 saturated carbocycles. The minimum Gasteiger partial charge on any atom is -0.336 e. The van der Waals surface area contributed by atoms with Crippen LogP contribution in [0.15, 0.2) is 42.5 Å². The van der Waals surface area contributed by atoms with Gasteiger partial charge in [-0.1, -0.05) is 62.1 Å². The maximum Gasteiger partial charge on any atom is 0.325 e. The van der Waals surface area contributed by atoms with E-state index in [-0.39, 0.29) is 0 Å². The largest absolute Gasteiger partial charge is 0.336 e. The lowest BCUT2D eigenvalue weighted by Crippen LogP contribution is -2.51. The van der Waals surface area contributed by atoms with Gasteiger partial charge in [0.2, 0.25) is 5.91 Å². The van der Waals surface area contributed by atoms with Crippen LogP contribution in [0.25, 0.3) is 10.8 Å². The molecule has 0 spiro atoms. The number of nitrogens with zero attached hydrogens (tertiary/aromatic N) is 2. The second-order valence-electron chi connectivity index (χ2n) is 8.66. The van der Waals surface area contributed by atoms with E-state index in [0.29, 0.717) is 18.4 Å². The molecule has 1 aliphatic carbocycles. The Labute approximate surface area is 181 Å². The lowest BCUT2D eigenvalue weighted by atomic mass is 9.90. The molecule has 1 heterocycles. The first-order valence-corrected chi connectivity index (χ1v) is 10.7. The minimum absolute atomic E-state index is 0.405. The summed E-state index contributed by atoms with van der Waals surface area (Å²) in [5, 5.41) is 17.2. The average Bonchev–Trinajstić information content (AvgIpc) is 2.93. The van der Waals surface area contributed by atoms with E-state index in [2.05, 4.69) is 16.7 Å². The molecular weight excluding hydrogens is 392 g/mol. The zero-order valence-corrected chi connectivity index (χ0v) is 17.6. The molecule has 1 atom stereocenters. The van der Waals surface area contributed by atoms with Gasteiger partial charge < -0.3 is 10.6 Å². The van der Waals surface area contributed by atoms with Crippen LogP contribution >= 0.6 is 0 Å². The fourth-order valence-electron chi connectivity index (χ4n) is 4.58. The topological polar surface area (TPSA) is 102 Å². The van der Waals surface area contributed by atoms with Crippen molar-refractivity contribution in [1.82, 2.24) is 15.5 Å². The smallest absolute Gasteiger partial charge is 0.325 e. The minimum atomic E-state index is -1.25. The zero-order valence-electron chi connectivity index (χ0n) is 17.6. The van der Waals surface area contributed by atoms with Crippen molar-refractivity contribution in [3.63, 3.8) is 0 Å². The van der Waals surface area contributed by atoms with Gasteiger partial charge in [-0.2, -0.15) is 5.26 Å². The number of hydrogen-bond donors (Lipinski definition) is 2. The Morgan fingerprint density at radius 3 is 2.45 bits per heavy atom. The molecule has 0 radical (unpaired) electrons. The summed E-state index contributed by atoms with van der Waals surface area (Å²) in [6.45, 7) is 1.24. The summed E-state index contributed by atoms with van der Waals surface area (Å²) in [4.78, 5) is 39.5. The number of hydrogen-bond acceptors (Lipinski definition) is 4. The fraction of sp³-hybridized carbons (Fsp3) is 0.417. The molecule has 1 saturated heterocycles. The highest BCUT2D eigenvalue weighted by molar-refractivity contribution is 6.09. The summed E-state index contributed by atoms with van der Waals surface area (Å²) < 4.78 is 0. The second-order valence-corrected chi connectivity index (χ2v) is 8.66. The molecular formula is C24H26N4O3. The Morgan fingerprint density at radius 1 is 1.10 bits per heavy atom. The second kappa shape index (κ2) is 8.03. The summed E-state index contributed by atoms with van der Waals surface area (Å²) in [5.41, 5.74) is -1.52. The van der Waals surface area contributed by atoms with Crippen molar-refractivity contribution in [1.29, 1.82) is 5.26 Å². The summed E-state index contributed by atoms with van der Waals surface area (Å²) in [6.07, 6.45) is 5.00. The van der Waals surface area contributed by atoms with Gasteiger partial charge in [0, 0.05) is 0 Å². The van der Waals surface area contributed by atoms with Crippen molar-refractivity contribution < 1.29 is 14.4 Å². The van der Waals surface area contributed by atoms with Crippen LogP contribution in [0.2, 0.25) is 0 Å². The van der Waals surface area contributed by atoms with Gasteiger partial charge in [0.15, 0.2) is 0 Å². The van der Waals surface area contributed by atoms with Gasteiger partial charge >= 0.3 is 6.03 Å². The van der Waals surface area contributed by atoms with Gasteiger partial charge in [-0.3, -0.25) is 14.5 Å². The van der Waals surface area contributed by atoms with Gasteiger partial charge in [-0.05, 0) is 42.2 Å².